The van der Waals surface area contributed by atoms with E-state index in [2.05, 4.69) is 29.7 Å². The number of rotatable bonds is 7. The van der Waals surface area contributed by atoms with Crippen LogP contribution in [0.2, 0.25) is 5.02 Å². The van der Waals surface area contributed by atoms with Crippen LogP contribution in [0.15, 0.2) is 46.8 Å². The highest BCUT2D eigenvalue weighted by molar-refractivity contribution is 7.94. The predicted octanol–water partition coefficient (Wildman–Crippen LogP) is 2.82. The number of methoxy groups -OCH3 is 2. The molecule has 14 heteroatoms. The molecule has 0 bridgehead atoms. The van der Waals surface area contributed by atoms with Gasteiger partial charge in [0.2, 0.25) is 5.13 Å². The zero-order valence-corrected chi connectivity index (χ0v) is 19.4. The number of nitrogens with zero attached hydrogens (tertiary/aromatic N) is 2. The number of esters is 2. The largest absolute Gasteiger partial charge is 0.465 e. The van der Waals surface area contributed by atoms with Gasteiger partial charge in [-0.2, -0.15) is 8.42 Å². The molecule has 172 valence electrons. The summed E-state index contributed by atoms with van der Waals surface area (Å²) >= 11 is 6.39. The van der Waals surface area contributed by atoms with Gasteiger partial charge in [0.05, 0.1) is 31.0 Å². The summed E-state index contributed by atoms with van der Waals surface area (Å²) < 4.78 is 36.5. The number of amides is 1. The van der Waals surface area contributed by atoms with Crippen molar-refractivity contribution in [2.45, 2.75) is 4.34 Å². The quantitative estimate of drug-likeness (QED) is 0.360. The van der Waals surface area contributed by atoms with Crippen molar-refractivity contribution in [1.82, 2.24) is 10.2 Å². The van der Waals surface area contributed by atoms with Gasteiger partial charge in [-0.25, -0.2) is 9.59 Å². The van der Waals surface area contributed by atoms with Crippen LogP contribution in [-0.2, 0) is 19.5 Å². The molecule has 3 aromatic rings. The van der Waals surface area contributed by atoms with Crippen LogP contribution in [0.3, 0.4) is 0 Å². The zero-order chi connectivity index (χ0) is 24.2. The lowest BCUT2D eigenvalue weighted by Crippen LogP contribution is -2.15. The van der Waals surface area contributed by atoms with Gasteiger partial charge in [-0.05, 0) is 42.5 Å². The third-order valence-electron chi connectivity index (χ3n) is 3.99. The zero-order valence-electron chi connectivity index (χ0n) is 17.0. The third kappa shape index (κ3) is 5.83. The summed E-state index contributed by atoms with van der Waals surface area (Å²) in [5.41, 5.74) is 0.0184. The van der Waals surface area contributed by atoms with E-state index >= 15 is 0 Å². The summed E-state index contributed by atoms with van der Waals surface area (Å²) in [7, 11) is -2.00. The molecule has 1 aromatic heterocycles. The Bertz CT molecular complexity index is 1290. The molecule has 0 radical (unpaired) electrons. The molecule has 0 spiro atoms. The first-order valence-corrected chi connectivity index (χ1v) is 11.6. The summed E-state index contributed by atoms with van der Waals surface area (Å²) in [5.74, 6) is -2.11. The lowest BCUT2D eigenvalue weighted by Gasteiger charge is -2.09. The summed E-state index contributed by atoms with van der Waals surface area (Å²) in [6.45, 7) is 0. The number of hydrogen-bond donors (Lipinski definition) is 2. The summed E-state index contributed by atoms with van der Waals surface area (Å²) in [6.07, 6.45) is 0. The van der Waals surface area contributed by atoms with E-state index in [1.165, 1.54) is 42.5 Å². The molecular formula is C19H15ClN4O7S2. The number of carbonyl (C=O) groups excluding carboxylic acids is 3. The van der Waals surface area contributed by atoms with Crippen molar-refractivity contribution < 1.29 is 32.3 Å². The van der Waals surface area contributed by atoms with E-state index in [0.29, 0.717) is 16.4 Å². The fourth-order valence-corrected chi connectivity index (χ4v) is 4.56. The van der Waals surface area contributed by atoms with Crippen molar-refractivity contribution in [3.8, 4) is 0 Å². The Balaban J connectivity index is 1.83. The van der Waals surface area contributed by atoms with E-state index in [4.69, 9.17) is 11.6 Å². The van der Waals surface area contributed by atoms with E-state index in [-0.39, 0.29) is 27.5 Å². The Morgan fingerprint density at radius 3 is 2.03 bits per heavy atom. The van der Waals surface area contributed by atoms with Crippen LogP contribution in [0.5, 0.6) is 0 Å². The molecule has 1 amide bonds. The van der Waals surface area contributed by atoms with Gasteiger partial charge in [0, 0.05) is 10.6 Å². The highest BCUT2D eigenvalue weighted by Gasteiger charge is 2.23. The maximum atomic E-state index is 12.7. The number of sulfonamides is 1. The topological polar surface area (TPSA) is 154 Å². The van der Waals surface area contributed by atoms with Gasteiger partial charge in [-0.1, -0.05) is 22.9 Å². The number of benzene rings is 2. The number of anilines is 2. The first kappa shape index (κ1) is 24.1. The summed E-state index contributed by atoms with van der Waals surface area (Å²) in [4.78, 5) is 36.0. The Morgan fingerprint density at radius 1 is 0.909 bits per heavy atom. The average molecular weight is 511 g/mol. The standard InChI is InChI=1S/C19H15ClN4O7S2/c1-30-16(26)11-7-12(17(27)31-2)9-14(8-11)24-33(28,29)19-23-22-18(32-19)21-15(25)10-3-5-13(20)6-4-10/h3-9,24H,1-2H3,(H,21,22,25). The van der Waals surface area contributed by atoms with Crippen molar-refractivity contribution >= 4 is 61.6 Å². The molecule has 0 aliphatic carbocycles. The van der Waals surface area contributed by atoms with Gasteiger partial charge >= 0.3 is 11.9 Å². The second-order valence-corrected chi connectivity index (χ2v) is 9.49. The highest BCUT2D eigenvalue weighted by atomic mass is 35.5. The fraction of sp³-hybridized carbons (Fsp3) is 0.105. The van der Waals surface area contributed by atoms with Gasteiger partial charge < -0.3 is 9.47 Å². The van der Waals surface area contributed by atoms with Gasteiger partial charge in [0.25, 0.3) is 20.3 Å². The van der Waals surface area contributed by atoms with Crippen LogP contribution in [0.25, 0.3) is 0 Å². The van der Waals surface area contributed by atoms with E-state index in [9.17, 15) is 22.8 Å². The molecular weight excluding hydrogens is 496 g/mol. The molecule has 0 saturated carbocycles. The monoisotopic (exact) mass is 510 g/mol. The molecule has 3 rings (SSSR count). The van der Waals surface area contributed by atoms with Gasteiger partial charge in [-0.3, -0.25) is 14.8 Å². The maximum Gasteiger partial charge on any atom is 0.337 e. The van der Waals surface area contributed by atoms with Crippen molar-refractivity contribution in [3.05, 3.63) is 64.2 Å². The molecule has 0 aliphatic rings. The molecule has 2 N–H and O–H groups in total. The van der Waals surface area contributed by atoms with E-state index in [1.54, 1.807) is 0 Å². The molecule has 33 heavy (non-hydrogen) atoms. The second-order valence-electron chi connectivity index (χ2n) is 6.22. The van der Waals surface area contributed by atoms with Crippen LogP contribution < -0.4 is 10.0 Å². The number of ether oxygens (including phenoxy) is 2. The second kappa shape index (κ2) is 9.94. The van der Waals surface area contributed by atoms with E-state index in [1.807, 2.05) is 0 Å². The van der Waals surface area contributed by atoms with Crippen molar-refractivity contribution in [2.24, 2.45) is 0 Å². The summed E-state index contributed by atoms with van der Waals surface area (Å²) in [6, 6.07) is 9.60. The molecule has 0 unspecified atom stereocenters. The molecule has 1 heterocycles. The summed E-state index contributed by atoms with van der Waals surface area (Å²) in [5, 5.41) is 10.1. The Kier molecular flexibility index (Phi) is 7.26. The number of carbonyl (C=O) groups is 3. The average Bonchev–Trinajstić information content (AvgIpc) is 3.27. The SMILES string of the molecule is COC(=O)c1cc(NS(=O)(=O)c2nnc(NC(=O)c3ccc(Cl)cc3)s2)cc(C(=O)OC)c1. The number of nitrogens with one attached hydrogen (secondary N) is 2. The molecule has 0 fully saturated rings. The normalized spacial score (nSPS) is 10.9. The molecule has 0 aliphatic heterocycles. The first-order valence-electron chi connectivity index (χ1n) is 8.88. The van der Waals surface area contributed by atoms with Crippen molar-refractivity contribution in [3.63, 3.8) is 0 Å². The Morgan fingerprint density at radius 2 is 1.48 bits per heavy atom. The number of aromatic nitrogens is 2. The Hall–Kier alpha value is -3.55. The minimum absolute atomic E-state index is 0.0612. The third-order valence-corrected chi connectivity index (χ3v) is 6.83. The first-order chi connectivity index (χ1) is 15.6. The van der Waals surface area contributed by atoms with Crippen LogP contribution in [-0.4, -0.2) is 50.7 Å². The molecule has 2 aromatic carbocycles. The van der Waals surface area contributed by atoms with E-state index in [0.717, 1.165) is 14.2 Å². The highest BCUT2D eigenvalue weighted by Crippen LogP contribution is 2.25. The van der Waals surface area contributed by atoms with Gasteiger partial charge in [0.15, 0.2) is 0 Å². The van der Waals surface area contributed by atoms with Gasteiger partial charge in [-0.15, -0.1) is 10.2 Å². The van der Waals surface area contributed by atoms with Crippen LogP contribution in [0.4, 0.5) is 10.8 Å². The minimum atomic E-state index is -4.27. The molecule has 11 nitrogen and oxygen atoms in total. The van der Waals surface area contributed by atoms with E-state index < -0.39 is 32.2 Å². The number of hydrogen-bond acceptors (Lipinski definition) is 10. The lowest BCUT2D eigenvalue weighted by atomic mass is 10.1. The van der Waals surface area contributed by atoms with Crippen molar-refractivity contribution in [2.75, 3.05) is 24.3 Å². The van der Waals surface area contributed by atoms with Gasteiger partial charge in [0.1, 0.15) is 0 Å². The van der Waals surface area contributed by atoms with Crippen LogP contribution in [0.1, 0.15) is 31.1 Å². The molecule has 0 saturated heterocycles. The maximum absolute atomic E-state index is 12.7. The minimum Gasteiger partial charge on any atom is -0.465 e. The fourth-order valence-electron chi connectivity index (χ4n) is 2.50. The lowest BCUT2D eigenvalue weighted by molar-refractivity contribution is 0.0599. The van der Waals surface area contributed by atoms with Crippen LogP contribution >= 0.6 is 22.9 Å². The number of halogens is 1. The van der Waals surface area contributed by atoms with Crippen LogP contribution in [0, 0.1) is 0 Å². The smallest absolute Gasteiger partial charge is 0.337 e. The van der Waals surface area contributed by atoms with Crippen molar-refractivity contribution in [1.29, 1.82) is 0 Å². The molecule has 0 atom stereocenters. The Labute approximate surface area is 196 Å². The predicted molar refractivity (Wildman–Crippen MR) is 119 cm³/mol.